The maximum atomic E-state index is 13.6. The fraction of sp³-hybridized carbons (Fsp3) is 0.632. The van der Waals surface area contributed by atoms with Crippen molar-refractivity contribution in [3.05, 3.63) is 35.1 Å². The molecule has 0 spiro atoms. The zero-order valence-corrected chi connectivity index (χ0v) is 16.9. The Balaban J connectivity index is 1.78. The average Bonchev–Trinajstić information content (AvgIpc) is 3.11. The molecule has 1 saturated carbocycles. The summed E-state index contributed by atoms with van der Waals surface area (Å²) in [5.41, 5.74) is 1.19. The monoisotopic (exact) mass is 399 g/mol. The van der Waals surface area contributed by atoms with E-state index in [-0.39, 0.29) is 5.75 Å². The molecule has 0 radical (unpaired) electrons. The van der Waals surface area contributed by atoms with Gasteiger partial charge in [0.25, 0.3) is 0 Å². The minimum absolute atomic E-state index is 0.116. The Kier molecular flexibility index (Phi) is 8.50. The Morgan fingerprint density at radius 3 is 2.67 bits per heavy atom. The minimum Gasteiger partial charge on any atom is -0.378 e. The summed E-state index contributed by atoms with van der Waals surface area (Å²) in [6.45, 7) is 1.73. The molecule has 2 N–H and O–H groups in total. The van der Waals surface area contributed by atoms with Crippen LogP contribution in [0.15, 0.2) is 23.2 Å². The summed E-state index contributed by atoms with van der Waals surface area (Å²) in [4.78, 5) is 4.15. The van der Waals surface area contributed by atoms with Gasteiger partial charge >= 0.3 is 0 Å². The van der Waals surface area contributed by atoms with E-state index in [0.29, 0.717) is 36.3 Å². The molecule has 0 bridgehead atoms. The first-order valence-electron chi connectivity index (χ1n) is 9.38. The Morgan fingerprint density at radius 1 is 1.26 bits per heavy atom. The summed E-state index contributed by atoms with van der Waals surface area (Å²) in [6, 6.07) is 4.15. The normalized spacial score (nSPS) is 15.9. The smallest absolute Gasteiger partial charge is 0.191 e. The molecule has 0 atom stereocenters. The van der Waals surface area contributed by atoms with E-state index in [4.69, 9.17) is 4.74 Å². The second kappa shape index (κ2) is 10.6. The molecule has 1 aromatic carbocycles. The largest absolute Gasteiger partial charge is 0.378 e. The Morgan fingerprint density at radius 2 is 2.00 bits per heavy atom. The third-order valence-corrected chi connectivity index (χ3v) is 5.36. The lowest BCUT2D eigenvalue weighted by Gasteiger charge is -2.15. The number of rotatable bonds is 9. The molecule has 152 valence electrons. The Hall–Kier alpha value is -1.67. The predicted molar refractivity (Wildman–Crippen MR) is 106 cm³/mol. The highest BCUT2D eigenvalue weighted by atomic mass is 32.2. The lowest BCUT2D eigenvalue weighted by Crippen LogP contribution is -2.37. The fourth-order valence-electron chi connectivity index (χ4n) is 3.17. The van der Waals surface area contributed by atoms with Crippen molar-refractivity contribution in [2.24, 2.45) is 4.99 Å². The lowest BCUT2D eigenvalue weighted by atomic mass is 10.1. The molecular formula is C19H30FN3O3S. The summed E-state index contributed by atoms with van der Waals surface area (Å²) in [5, 5.41) is 6.30. The van der Waals surface area contributed by atoms with Gasteiger partial charge in [-0.15, -0.1) is 0 Å². The van der Waals surface area contributed by atoms with E-state index >= 15 is 0 Å². The molecule has 0 unspecified atom stereocenters. The van der Waals surface area contributed by atoms with E-state index in [9.17, 15) is 12.8 Å². The highest BCUT2D eigenvalue weighted by Gasteiger charge is 2.14. The zero-order chi connectivity index (χ0) is 19.7. The van der Waals surface area contributed by atoms with Crippen molar-refractivity contribution in [1.82, 2.24) is 10.6 Å². The third-order valence-electron chi connectivity index (χ3n) is 4.53. The lowest BCUT2D eigenvalue weighted by molar-refractivity contribution is 0.0574. The van der Waals surface area contributed by atoms with Crippen LogP contribution in [-0.2, 0) is 26.9 Å². The average molecular weight is 400 g/mol. The maximum Gasteiger partial charge on any atom is 0.191 e. The van der Waals surface area contributed by atoms with Gasteiger partial charge in [-0.2, -0.15) is 0 Å². The molecule has 0 amide bonds. The van der Waals surface area contributed by atoms with Gasteiger partial charge in [0.05, 0.1) is 11.9 Å². The molecule has 27 heavy (non-hydrogen) atoms. The van der Waals surface area contributed by atoms with Gasteiger partial charge in [0.1, 0.15) is 5.82 Å². The Labute approximate surface area is 161 Å². The summed E-state index contributed by atoms with van der Waals surface area (Å²) < 4.78 is 42.5. The highest BCUT2D eigenvalue weighted by Crippen LogP contribution is 2.20. The van der Waals surface area contributed by atoms with Gasteiger partial charge in [-0.1, -0.05) is 18.9 Å². The van der Waals surface area contributed by atoms with Gasteiger partial charge < -0.3 is 15.4 Å². The number of ether oxygens (including phenoxy) is 1. The van der Waals surface area contributed by atoms with Crippen molar-refractivity contribution < 1.29 is 17.5 Å². The summed E-state index contributed by atoms with van der Waals surface area (Å²) in [7, 11) is -1.53. The van der Waals surface area contributed by atoms with E-state index in [1.807, 2.05) is 0 Å². The van der Waals surface area contributed by atoms with Gasteiger partial charge in [0.15, 0.2) is 15.8 Å². The van der Waals surface area contributed by atoms with Gasteiger partial charge in [0.2, 0.25) is 0 Å². The summed E-state index contributed by atoms with van der Waals surface area (Å²) >= 11 is 0. The number of sulfone groups is 1. The molecule has 2 rings (SSSR count). The van der Waals surface area contributed by atoms with Crippen molar-refractivity contribution in [1.29, 1.82) is 0 Å². The highest BCUT2D eigenvalue weighted by molar-refractivity contribution is 7.89. The number of hydrogen-bond acceptors (Lipinski definition) is 4. The molecule has 0 heterocycles. The first-order chi connectivity index (χ1) is 12.9. The van der Waals surface area contributed by atoms with Crippen LogP contribution in [0.3, 0.4) is 0 Å². The number of halogens is 1. The fourth-order valence-corrected chi connectivity index (χ4v) is 4.01. The van der Waals surface area contributed by atoms with Crippen LogP contribution in [0.5, 0.6) is 0 Å². The Bertz CT molecular complexity index is 732. The standard InChI is InChI=1S/C19H30FN3O3S/c1-21-19(22-10-5-11-26-18-6-3-4-7-18)23-13-16-12-17(20)9-8-15(16)14-27(2,24)25/h8-9,12,18H,3-7,10-11,13-14H2,1-2H3,(H2,21,22,23). The number of benzene rings is 1. The number of aliphatic imine (C=N–C) groups is 1. The second-order valence-electron chi connectivity index (χ2n) is 6.97. The van der Waals surface area contributed by atoms with Crippen molar-refractivity contribution in [2.45, 2.75) is 50.5 Å². The van der Waals surface area contributed by atoms with Crippen molar-refractivity contribution in [2.75, 3.05) is 26.5 Å². The van der Waals surface area contributed by atoms with Crippen LogP contribution in [0.2, 0.25) is 0 Å². The number of guanidine groups is 1. The van der Waals surface area contributed by atoms with E-state index in [2.05, 4.69) is 15.6 Å². The molecule has 1 fully saturated rings. The molecule has 6 nitrogen and oxygen atoms in total. The second-order valence-corrected chi connectivity index (χ2v) is 9.11. The number of nitrogens with zero attached hydrogens (tertiary/aromatic N) is 1. The van der Waals surface area contributed by atoms with E-state index < -0.39 is 15.7 Å². The van der Waals surface area contributed by atoms with Crippen molar-refractivity contribution >= 4 is 15.8 Å². The first-order valence-corrected chi connectivity index (χ1v) is 11.4. The molecule has 1 aliphatic rings. The molecule has 1 aliphatic carbocycles. The molecule has 8 heteroatoms. The van der Waals surface area contributed by atoms with Gasteiger partial charge in [0, 0.05) is 33.0 Å². The molecule has 1 aromatic rings. The number of nitrogens with one attached hydrogen (secondary N) is 2. The van der Waals surface area contributed by atoms with Gasteiger partial charge in [-0.05, 0) is 42.5 Å². The third kappa shape index (κ3) is 8.26. The first kappa shape index (κ1) is 21.6. The molecular weight excluding hydrogens is 369 g/mol. The summed E-state index contributed by atoms with van der Waals surface area (Å²) in [5.74, 6) is 0.0796. The van der Waals surface area contributed by atoms with Crippen LogP contribution in [0.4, 0.5) is 4.39 Å². The van der Waals surface area contributed by atoms with Crippen LogP contribution >= 0.6 is 0 Å². The van der Waals surface area contributed by atoms with Crippen LogP contribution < -0.4 is 10.6 Å². The topological polar surface area (TPSA) is 79.8 Å². The summed E-state index contributed by atoms with van der Waals surface area (Å²) in [6.07, 6.45) is 7.32. The van der Waals surface area contributed by atoms with Gasteiger partial charge in [-0.3, -0.25) is 4.99 Å². The molecule has 0 saturated heterocycles. The van der Waals surface area contributed by atoms with Crippen molar-refractivity contribution in [3.8, 4) is 0 Å². The van der Waals surface area contributed by atoms with E-state index in [0.717, 1.165) is 13.0 Å². The molecule has 0 aromatic heterocycles. The number of hydrogen-bond donors (Lipinski definition) is 2. The van der Waals surface area contributed by atoms with E-state index in [1.54, 1.807) is 7.05 Å². The quantitative estimate of drug-likeness (QED) is 0.379. The van der Waals surface area contributed by atoms with Crippen LogP contribution in [0.1, 0.15) is 43.2 Å². The van der Waals surface area contributed by atoms with Gasteiger partial charge in [-0.25, -0.2) is 12.8 Å². The van der Waals surface area contributed by atoms with E-state index in [1.165, 1.54) is 50.1 Å². The molecule has 0 aliphatic heterocycles. The van der Waals surface area contributed by atoms with Crippen LogP contribution in [0.25, 0.3) is 0 Å². The van der Waals surface area contributed by atoms with Crippen molar-refractivity contribution in [3.63, 3.8) is 0 Å². The predicted octanol–water partition coefficient (Wildman–Crippen LogP) is 2.38. The maximum absolute atomic E-state index is 13.6. The van der Waals surface area contributed by atoms with Crippen LogP contribution in [-0.4, -0.2) is 46.9 Å². The van der Waals surface area contributed by atoms with Crippen LogP contribution in [0, 0.1) is 5.82 Å². The zero-order valence-electron chi connectivity index (χ0n) is 16.1. The SMILES string of the molecule is CN=C(NCCCOC1CCCC1)NCc1cc(F)ccc1CS(C)(=O)=O. The minimum atomic E-state index is -3.19.